The Labute approximate surface area is 107 Å². The van der Waals surface area contributed by atoms with Crippen LogP contribution < -0.4 is 10.1 Å². The van der Waals surface area contributed by atoms with E-state index in [2.05, 4.69) is 5.32 Å². The van der Waals surface area contributed by atoms with E-state index < -0.39 is 0 Å². The Kier molecular flexibility index (Phi) is 5.36. The van der Waals surface area contributed by atoms with Crippen LogP contribution >= 0.6 is 0 Å². The summed E-state index contributed by atoms with van der Waals surface area (Å²) in [6.45, 7) is 4.00. The molecule has 4 nitrogen and oxygen atoms in total. The maximum Gasteiger partial charge on any atom is 0.234 e. The van der Waals surface area contributed by atoms with Crippen molar-refractivity contribution >= 4 is 11.8 Å². The third kappa shape index (κ3) is 3.32. The van der Waals surface area contributed by atoms with Gasteiger partial charge in [0.15, 0.2) is 0 Å². The Morgan fingerprint density at radius 2 is 1.78 bits per heavy atom. The van der Waals surface area contributed by atoms with E-state index >= 15 is 0 Å². The molecule has 0 radical (unpaired) electrons. The van der Waals surface area contributed by atoms with Crippen molar-refractivity contribution in [2.45, 2.75) is 32.6 Å². The van der Waals surface area contributed by atoms with Crippen LogP contribution in [0.15, 0.2) is 24.3 Å². The van der Waals surface area contributed by atoms with Crippen LogP contribution in [0.5, 0.6) is 5.75 Å². The van der Waals surface area contributed by atoms with Crippen molar-refractivity contribution in [1.29, 1.82) is 0 Å². The number of hydrogen-bond donors (Lipinski definition) is 1. The summed E-state index contributed by atoms with van der Waals surface area (Å²) in [4.78, 5) is 22.6. The predicted octanol–water partition coefficient (Wildman–Crippen LogP) is 2.24. The van der Waals surface area contributed by atoms with Gasteiger partial charge in [-0.3, -0.25) is 14.9 Å². The average molecular weight is 249 g/mol. The van der Waals surface area contributed by atoms with Crippen LogP contribution in [-0.2, 0) is 9.59 Å². The largest absolute Gasteiger partial charge is 0.497 e. The summed E-state index contributed by atoms with van der Waals surface area (Å²) in [5.74, 6) is 0.149. The highest BCUT2D eigenvalue weighted by Gasteiger charge is 2.27. The maximum absolute atomic E-state index is 11.6. The molecule has 1 aliphatic heterocycles. The molecule has 2 amide bonds. The van der Waals surface area contributed by atoms with Crippen molar-refractivity contribution in [2.75, 3.05) is 7.11 Å². The fourth-order valence-corrected chi connectivity index (χ4v) is 1.85. The van der Waals surface area contributed by atoms with Gasteiger partial charge < -0.3 is 4.74 Å². The second-order valence-corrected chi connectivity index (χ2v) is 3.78. The van der Waals surface area contributed by atoms with Crippen molar-refractivity contribution in [2.24, 2.45) is 0 Å². The number of methoxy groups -OCH3 is 1. The lowest BCUT2D eigenvalue weighted by Gasteiger charge is -2.21. The molecule has 0 bridgehead atoms. The number of piperidine rings is 1. The number of rotatable bonds is 2. The van der Waals surface area contributed by atoms with E-state index in [9.17, 15) is 9.59 Å². The molecule has 1 atom stereocenters. The number of ether oxygens (including phenoxy) is 1. The van der Waals surface area contributed by atoms with Crippen LogP contribution in [0, 0.1) is 0 Å². The molecule has 1 saturated heterocycles. The Morgan fingerprint density at radius 1 is 1.17 bits per heavy atom. The summed E-state index contributed by atoms with van der Waals surface area (Å²) in [7, 11) is 1.60. The molecule has 0 aromatic heterocycles. The fraction of sp³-hybridized carbons (Fsp3) is 0.429. The molecule has 98 valence electrons. The molecular weight excluding hydrogens is 230 g/mol. The first kappa shape index (κ1) is 14.2. The Morgan fingerprint density at radius 3 is 2.28 bits per heavy atom. The van der Waals surface area contributed by atoms with Gasteiger partial charge in [-0.05, 0) is 24.1 Å². The first-order chi connectivity index (χ1) is 8.70. The highest BCUT2D eigenvalue weighted by Crippen LogP contribution is 2.26. The van der Waals surface area contributed by atoms with E-state index in [0.29, 0.717) is 12.8 Å². The fourth-order valence-electron chi connectivity index (χ4n) is 1.85. The molecule has 1 fully saturated rings. The van der Waals surface area contributed by atoms with Gasteiger partial charge in [0.1, 0.15) is 5.75 Å². The molecular formula is C14H19NO3. The van der Waals surface area contributed by atoms with Gasteiger partial charge in [0.2, 0.25) is 11.8 Å². The number of amides is 2. The second-order valence-electron chi connectivity index (χ2n) is 3.78. The minimum Gasteiger partial charge on any atom is -0.497 e. The van der Waals surface area contributed by atoms with Gasteiger partial charge in [0, 0.05) is 6.42 Å². The zero-order valence-electron chi connectivity index (χ0n) is 11.0. The number of benzene rings is 1. The number of imide groups is 1. The van der Waals surface area contributed by atoms with Crippen LogP contribution in [0.3, 0.4) is 0 Å². The third-order valence-electron chi connectivity index (χ3n) is 2.76. The van der Waals surface area contributed by atoms with Crippen molar-refractivity contribution < 1.29 is 14.3 Å². The SMILES string of the molecule is CC.COc1ccc(C2CCC(=O)NC2=O)cc1. The number of hydrogen-bond acceptors (Lipinski definition) is 3. The normalized spacial score (nSPS) is 18.5. The summed E-state index contributed by atoms with van der Waals surface area (Å²) in [5.41, 5.74) is 0.922. The second kappa shape index (κ2) is 6.79. The molecule has 1 unspecified atom stereocenters. The Balaban J connectivity index is 0.000000771. The maximum atomic E-state index is 11.6. The van der Waals surface area contributed by atoms with Crippen molar-refractivity contribution in [3.63, 3.8) is 0 Å². The predicted molar refractivity (Wildman–Crippen MR) is 69.5 cm³/mol. The van der Waals surface area contributed by atoms with Crippen LogP contribution in [-0.4, -0.2) is 18.9 Å². The lowest BCUT2D eigenvalue weighted by Crippen LogP contribution is -2.39. The summed E-state index contributed by atoms with van der Waals surface area (Å²) in [6.07, 6.45) is 0.986. The molecule has 0 aliphatic carbocycles. The zero-order valence-corrected chi connectivity index (χ0v) is 11.0. The topological polar surface area (TPSA) is 55.4 Å². The highest BCUT2D eigenvalue weighted by molar-refractivity contribution is 6.00. The van der Waals surface area contributed by atoms with Gasteiger partial charge in [0.25, 0.3) is 0 Å². The zero-order chi connectivity index (χ0) is 13.5. The van der Waals surface area contributed by atoms with Crippen LogP contribution in [0.2, 0.25) is 0 Å². The Hall–Kier alpha value is -1.84. The van der Waals surface area contributed by atoms with Gasteiger partial charge >= 0.3 is 0 Å². The van der Waals surface area contributed by atoms with E-state index in [-0.39, 0.29) is 17.7 Å². The summed E-state index contributed by atoms with van der Waals surface area (Å²) in [5, 5.41) is 2.35. The van der Waals surface area contributed by atoms with E-state index in [1.165, 1.54) is 0 Å². The van der Waals surface area contributed by atoms with Crippen LogP contribution in [0.4, 0.5) is 0 Å². The summed E-state index contributed by atoms with van der Waals surface area (Å²) < 4.78 is 5.05. The molecule has 1 aromatic rings. The lowest BCUT2D eigenvalue weighted by molar-refractivity contribution is -0.134. The van der Waals surface area contributed by atoms with Gasteiger partial charge in [-0.1, -0.05) is 26.0 Å². The minimum absolute atomic E-state index is 0.185. The van der Waals surface area contributed by atoms with Gasteiger partial charge in [0.05, 0.1) is 13.0 Å². The standard InChI is InChI=1S/C12H13NO3.C2H6/c1-16-9-4-2-8(3-5-9)10-6-7-11(14)13-12(10)15;1-2/h2-5,10H,6-7H2,1H3,(H,13,14,15);1-2H3. The highest BCUT2D eigenvalue weighted by atomic mass is 16.5. The molecule has 1 aliphatic rings. The molecule has 0 saturated carbocycles. The molecule has 4 heteroatoms. The van der Waals surface area contributed by atoms with Gasteiger partial charge in [-0.25, -0.2) is 0 Å². The quantitative estimate of drug-likeness (QED) is 0.818. The number of carbonyl (C=O) groups is 2. The molecule has 18 heavy (non-hydrogen) atoms. The van der Waals surface area contributed by atoms with Gasteiger partial charge in [-0.2, -0.15) is 0 Å². The Bertz CT molecular complexity index is 412. The molecule has 2 rings (SSSR count). The summed E-state index contributed by atoms with van der Waals surface area (Å²) in [6, 6.07) is 7.36. The monoisotopic (exact) mass is 249 g/mol. The van der Waals surface area contributed by atoms with Crippen LogP contribution in [0.1, 0.15) is 38.2 Å². The van der Waals surface area contributed by atoms with Crippen molar-refractivity contribution in [1.82, 2.24) is 5.32 Å². The van der Waals surface area contributed by atoms with Crippen molar-refractivity contribution in [3.8, 4) is 5.75 Å². The number of carbonyl (C=O) groups excluding carboxylic acids is 2. The summed E-state index contributed by atoms with van der Waals surface area (Å²) >= 11 is 0. The van der Waals surface area contributed by atoms with Crippen molar-refractivity contribution in [3.05, 3.63) is 29.8 Å². The van der Waals surface area contributed by atoms with E-state index in [0.717, 1.165) is 11.3 Å². The first-order valence-electron chi connectivity index (χ1n) is 6.18. The lowest BCUT2D eigenvalue weighted by atomic mass is 9.90. The minimum atomic E-state index is -0.219. The molecule has 1 aromatic carbocycles. The van der Waals surface area contributed by atoms with Crippen LogP contribution in [0.25, 0.3) is 0 Å². The van der Waals surface area contributed by atoms with E-state index in [1.54, 1.807) is 7.11 Å². The van der Waals surface area contributed by atoms with Gasteiger partial charge in [-0.15, -0.1) is 0 Å². The van der Waals surface area contributed by atoms with E-state index in [4.69, 9.17) is 4.74 Å². The third-order valence-corrected chi connectivity index (χ3v) is 2.76. The van der Waals surface area contributed by atoms with E-state index in [1.807, 2.05) is 38.1 Å². The number of nitrogens with one attached hydrogen (secondary N) is 1. The molecule has 1 heterocycles. The average Bonchev–Trinajstić information content (AvgIpc) is 2.41. The molecule has 1 N–H and O–H groups in total. The smallest absolute Gasteiger partial charge is 0.234 e. The molecule has 0 spiro atoms. The first-order valence-corrected chi connectivity index (χ1v) is 6.18.